The first-order valence-electron chi connectivity index (χ1n) is 7.16. The maximum Gasteiger partial charge on any atom is 0.269 e. The predicted octanol–water partition coefficient (Wildman–Crippen LogP) is 2.56. The van der Waals surface area contributed by atoms with Crippen molar-refractivity contribution in [1.29, 1.82) is 0 Å². The fourth-order valence-electron chi connectivity index (χ4n) is 1.90. The molecule has 0 atom stereocenters. The van der Waals surface area contributed by atoms with E-state index in [4.69, 9.17) is 12.2 Å². The van der Waals surface area contributed by atoms with Gasteiger partial charge in [-0.1, -0.05) is 49.4 Å². The average molecular weight is 313 g/mol. The van der Waals surface area contributed by atoms with Gasteiger partial charge in [-0.25, -0.2) is 0 Å². The molecule has 0 bridgehead atoms. The molecule has 0 unspecified atom stereocenters. The van der Waals surface area contributed by atoms with Gasteiger partial charge in [-0.2, -0.15) is 0 Å². The second-order valence-corrected chi connectivity index (χ2v) is 5.21. The topological polar surface area (TPSA) is 53.2 Å². The molecule has 3 N–H and O–H groups in total. The number of benzene rings is 2. The largest absolute Gasteiger partial charge is 0.357 e. The molecule has 114 valence electrons. The standard InChI is InChI=1S/C17H19N3OS/c1-2-13-8-10-15(11-9-13)16(21)19-20-17(22)18-12-14-6-4-3-5-7-14/h3-11H,2,12H2,1H3,(H,19,21)(H2,18,20,22). The normalized spacial score (nSPS) is 9.86. The molecule has 0 aliphatic heterocycles. The van der Waals surface area contributed by atoms with Crippen molar-refractivity contribution in [3.63, 3.8) is 0 Å². The molecule has 0 aliphatic rings. The molecule has 0 fully saturated rings. The van der Waals surface area contributed by atoms with E-state index in [9.17, 15) is 4.79 Å². The molecule has 2 aromatic rings. The van der Waals surface area contributed by atoms with Crippen LogP contribution in [0.25, 0.3) is 0 Å². The van der Waals surface area contributed by atoms with E-state index < -0.39 is 0 Å². The zero-order valence-electron chi connectivity index (χ0n) is 12.4. The van der Waals surface area contributed by atoms with Gasteiger partial charge in [-0.15, -0.1) is 0 Å². The van der Waals surface area contributed by atoms with Crippen LogP contribution in [0.3, 0.4) is 0 Å². The Morgan fingerprint density at radius 3 is 2.27 bits per heavy atom. The Balaban J connectivity index is 1.76. The third-order valence-electron chi connectivity index (χ3n) is 3.21. The number of rotatable bonds is 4. The zero-order valence-corrected chi connectivity index (χ0v) is 13.2. The zero-order chi connectivity index (χ0) is 15.8. The van der Waals surface area contributed by atoms with E-state index in [2.05, 4.69) is 23.1 Å². The lowest BCUT2D eigenvalue weighted by Gasteiger charge is -2.11. The lowest BCUT2D eigenvalue weighted by molar-refractivity contribution is 0.0943. The third kappa shape index (κ3) is 4.86. The molecule has 2 aromatic carbocycles. The van der Waals surface area contributed by atoms with Gasteiger partial charge in [-0.05, 0) is 41.9 Å². The fourth-order valence-corrected chi connectivity index (χ4v) is 2.02. The van der Waals surface area contributed by atoms with Crippen molar-refractivity contribution in [1.82, 2.24) is 16.2 Å². The average Bonchev–Trinajstić information content (AvgIpc) is 2.58. The molecular weight excluding hydrogens is 294 g/mol. The van der Waals surface area contributed by atoms with Gasteiger partial charge >= 0.3 is 0 Å². The minimum atomic E-state index is -0.216. The highest BCUT2D eigenvalue weighted by Gasteiger charge is 2.05. The van der Waals surface area contributed by atoms with Gasteiger partial charge in [0.15, 0.2) is 5.11 Å². The van der Waals surface area contributed by atoms with Crippen molar-refractivity contribution in [3.8, 4) is 0 Å². The Kier molecular flexibility index (Phi) is 5.91. The number of hydrazine groups is 1. The molecule has 0 radical (unpaired) electrons. The van der Waals surface area contributed by atoms with E-state index in [0.717, 1.165) is 12.0 Å². The minimum Gasteiger partial charge on any atom is -0.357 e. The van der Waals surface area contributed by atoms with E-state index in [1.54, 1.807) is 12.1 Å². The molecule has 0 saturated carbocycles. The summed E-state index contributed by atoms with van der Waals surface area (Å²) in [6.07, 6.45) is 0.952. The molecule has 0 heterocycles. The van der Waals surface area contributed by atoms with Gasteiger partial charge in [0.25, 0.3) is 5.91 Å². The second kappa shape index (κ2) is 8.14. The summed E-state index contributed by atoms with van der Waals surface area (Å²) in [4.78, 5) is 12.0. The van der Waals surface area contributed by atoms with Crippen LogP contribution in [0.2, 0.25) is 0 Å². The maximum absolute atomic E-state index is 12.0. The first kappa shape index (κ1) is 16.0. The molecule has 22 heavy (non-hydrogen) atoms. The molecule has 2 rings (SSSR count). The van der Waals surface area contributed by atoms with E-state index in [1.165, 1.54) is 5.56 Å². The first-order valence-corrected chi connectivity index (χ1v) is 7.57. The van der Waals surface area contributed by atoms with E-state index in [1.807, 2.05) is 42.5 Å². The van der Waals surface area contributed by atoms with Crippen molar-refractivity contribution in [2.45, 2.75) is 19.9 Å². The number of carbonyl (C=O) groups excluding carboxylic acids is 1. The van der Waals surface area contributed by atoms with Crippen LogP contribution in [-0.4, -0.2) is 11.0 Å². The van der Waals surface area contributed by atoms with Crippen LogP contribution in [0.15, 0.2) is 54.6 Å². The summed E-state index contributed by atoms with van der Waals surface area (Å²) in [5.41, 5.74) is 8.19. The molecule has 0 aliphatic carbocycles. The summed E-state index contributed by atoms with van der Waals surface area (Å²) in [6.45, 7) is 2.68. The summed E-state index contributed by atoms with van der Waals surface area (Å²) in [6, 6.07) is 17.4. The van der Waals surface area contributed by atoms with E-state index >= 15 is 0 Å². The minimum absolute atomic E-state index is 0.216. The van der Waals surface area contributed by atoms with Gasteiger partial charge in [-0.3, -0.25) is 15.6 Å². The van der Waals surface area contributed by atoms with Gasteiger partial charge in [0.2, 0.25) is 0 Å². The fraction of sp³-hybridized carbons (Fsp3) is 0.176. The highest BCUT2D eigenvalue weighted by Crippen LogP contribution is 2.04. The third-order valence-corrected chi connectivity index (χ3v) is 3.46. The molecule has 0 spiro atoms. The monoisotopic (exact) mass is 313 g/mol. The second-order valence-electron chi connectivity index (χ2n) is 4.80. The Hall–Kier alpha value is -2.40. The number of hydrogen-bond donors (Lipinski definition) is 3. The Labute approximate surface area is 135 Å². The Morgan fingerprint density at radius 2 is 1.64 bits per heavy atom. The van der Waals surface area contributed by atoms with Crippen LogP contribution < -0.4 is 16.2 Å². The molecule has 0 aromatic heterocycles. The number of aryl methyl sites for hydroxylation is 1. The van der Waals surface area contributed by atoms with Gasteiger partial charge in [0.1, 0.15) is 0 Å². The number of carbonyl (C=O) groups is 1. The summed E-state index contributed by atoms with van der Waals surface area (Å²) >= 11 is 5.12. The molecule has 4 nitrogen and oxygen atoms in total. The Bertz CT molecular complexity index is 626. The first-order chi connectivity index (χ1) is 10.7. The van der Waals surface area contributed by atoms with Crippen LogP contribution in [0, 0.1) is 0 Å². The number of amides is 1. The van der Waals surface area contributed by atoms with Crippen LogP contribution >= 0.6 is 12.2 Å². The highest BCUT2D eigenvalue weighted by molar-refractivity contribution is 7.80. The lowest BCUT2D eigenvalue weighted by Crippen LogP contribution is -2.46. The van der Waals surface area contributed by atoms with Crippen LogP contribution in [-0.2, 0) is 13.0 Å². The van der Waals surface area contributed by atoms with Gasteiger partial charge in [0.05, 0.1) is 0 Å². The van der Waals surface area contributed by atoms with Crippen LogP contribution in [0.4, 0.5) is 0 Å². The maximum atomic E-state index is 12.0. The van der Waals surface area contributed by atoms with Crippen LogP contribution in [0.5, 0.6) is 0 Å². The molecule has 0 saturated heterocycles. The Morgan fingerprint density at radius 1 is 0.955 bits per heavy atom. The van der Waals surface area contributed by atoms with Crippen LogP contribution in [0.1, 0.15) is 28.4 Å². The molecular formula is C17H19N3OS. The molecule has 1 amide bonds. The van der Waals surface area contributed by atoms with Crippen molar-refractivity contribution in [2.75, 3.05) is 0 Å². The quantitative estimate of drug-likeness (QED) is 0.600. The highest BCUT2D eigenvalue weighted by atomic mass is 32.1. The summed E-state index contributed by atoms with van der Waals surface area (Å²) in [7, 11) is 0. The molecule has 5 heteroatoms. The van der Waals surface area contributed by atoms with Gasteiger partial charge in [0, 0.05) is 12.1 Å². The van der Waals surface area contributed by atoms with E-state index in [0.29, 0.717) is 17.2 Å². The predicted molar refractivity (Wildman–Crippen MR) is 92.3 cm³/mol. The number of thiocarbonyl (C=S) groups is 1. The number of hydrogen-bond acceptors (Lipinski definition) is 2. The summed E-state index contributed by atoms with van der Waals surface area (Å²) in [5.74, 6) is -0.216. The van der Waals surface area contributed by atoms with Crippen molar-refractivity contribution < 1.29 is 4.79 Å². The number of nitrogens with one attached hydrogen (secondary N) is 3. The van der Waals surface area contributed by atoms with Crippen molar-refractivity contribution >= 4 is 23.2 Å². The SMILES string of the molecule is CCc1ccc(C(=O)NNC(=S)NCc2ccccc2)cc1. The summed E-state index contributed by atoms with van der Waals surface area (Å²) < 4.78 is 0. The van der Waals surface area contributed by atoms with Gasteiger partial charge < -0.3 is 5.32 Å². The lowest BCUT2D eigenvalue weighted by atomic mass is 10.1. The summed E-state index contributed by atoms with van der Waals surface area (Å²) in [5, 5.41) is 3.41. The van der Waals surface area contributed by atoms with E-state index in [-0.39, 0.29) is 5.91 Å². The van der Waals surface area contributed by atoms with Crippen molar-refractivity contribution in [2.24, 2.45) is 0 Å². The van der Waals surface area contributed by atoms with Crippen molar-refractivity contribution in [3.05, 3.63) is 71.3 Å². The smallest absolute Gasteiger partial charge is 0.269 e.